The molecule has 2 heterocycles. The average Bonchev–Trinajstić information content (AvgIpc) is 2.96. The van der Waals surface area contributed by atoms with Crippen molar-refractivity contribution in [2.45, 2.75) is 26.8 Å². The number of allylic oxidation sites excluding steroid dienone is 1. The lowest BCUT2D eigenvalue weighted by atomic mass is 10.3. The standard InChI is InChI=1S/C16H19F2N5O2/c1-3-10-8-23-9-12(13(25-4-2)7-14(23)21-10)22-15(24)11(19)5-6-20-16(17)18/h5-9,16H,3-4,19H2,1-2H3,(H,22,24)/b11-5-,20-6+. The number of nitrogens with zero attached hydrogens (tertiary/aromatic N) is 3. The van der Waals surface area contributed by atoms with Gasteiger partial charge in [-0.15, -0.1) is 0 Å². The molecule has 0 spiro atoms. The zero-order valence-electron chi connectivity index (χ0n) is 13.9. The van der Waals surface area contributed by atoms with Gasteiger partial charge in [-0.3, -0.25) is 4.79 Å². The van der Waals surface area contributed by atoms with Gasteiger partial charge < -0.3 is 20.2 Å². The first-order valence-corrected chi connectivity index (χ1v) is 7.67. The smallest absolute Gasteiger partial charge is 0.331 e. The monoisotopic (exact) mass is 351 g/mol. The molecule has 25 heavy (non-hydrogen) atoms. The quantitative estimate of drug-likeness (QED) is 0.455. The van der Waals surface area contributed by atoms with Gasteiger partial charge in [-0.05, 0) is 19.4 Å². The van der Waals surface area contributed by atoms with Crippen LogP contribution in [0, 0.1) is 0 Å². The van der Waals surface area contributed by atoms with Gasteiger partial charge in [0.2, 0.25) is 0 Å². The average molecular weight is 351 g/mol. The maximum atomic E-state index is 12.1. The van der Waals surface area contributed by atoms with Gasteiger partial charge in [-0.25, -0.2) is 9.98 Å². The van der Waals surface area contributed by atoms with Crippen molar-refractivity contribution in [3.8, 4) is 5.75 Å². The maximum absolute atomic E-state index is 12.1. The fourth-order valence-corrected chi connectivity index (χ4v) is 2.07. The summed E-state index contributed by atoms with van der Waals surface area (Å²) in [5, 5.41) is 2.60. The Morgan fingerprint density at radius 3 is 2.88 bits per heavy atom. The maximum Gasteiger partial charge on any atom is 0.331 e. The molecule has 0 aromatic carbocycles. The van der Waals surface area contributed by atoms with Gasteiger partial charge in [0.05, 0.1) is 18.0 Å². The largest absolute Gasteiger partial charge is 0.491 e. The number of aryl methyl sites for hydroxylation is 1. The van der Waals surface area contributed by atoms with Gasteiger partial charge in [0.25, 0.3) is 5.91 Å². The zero-order chi connectivity index (χ0) is 18.4. The number of halogens is 2. The van der Waals surface area contributed by atoms with Crippen LogP contribution in [0.15, 0.2) is 35.2 Å². The number of hydrogen-bond donors (Lipinski definition) is 2. The first-order valence-electron chi connectivity index (χ1n) is 7.67. The molecule has 0 unspecified atom stereocenters. The number of pyridine rings is 1. The van der Waals surface area contributed by atoms with Crippen molar-refractivity contribution in [2.24, 2.45) is 10.7 Å². The molecule has 2 rings (SSSR count). The van der Waals surface area contributed by atoms with Crippen LogP contribution in [0.4, 0.5) is 14.5 Å². The van der Waals surface area contributed by atoms with Crippen molar-refractivity contribution >= 4 is 23.5 Å². The highest BCUT2D eigenvalue weighted by Gasteiger charge is 2.13. The van der Waals surface area contributed by atoms with E-state index in [0.717, 1.165) is 24.4 Å². The molecule has 3 N–H and O–H groups in total. The number of carbonyl (C=O) groups excluding carboxylic acids is 1. The van der Waals surface area contributed by atoms with Crippen LogP contribution in [0.1, 0.15) is 19.5 Å². The van der Waals surface area contributed by atoms with E-state index in [1.165, 1.54) is 0 Å². The van der Waals surface area contributed by atoms with Crippen LogP contribution >= 0.6 is 0 Å². The number of imidazole rings is 1. The molecule has 0 aliphatic rings. The molecule has 7 nitrogen and oxygen atoms in total. The molecule has 0 aliphatic carbocycles. The third kappa shape index (κ3) is 4.75. The van der Waals surface area contributed by atoms with Crippen LogP contribution in [-0.2, 0) is 11.2 Å². The Hall–Kier alpha value is -2.97. The Balaban J connectivity index is 2.28. The Morgan fingerprint density at radius 1 is 1.48 bits per heavy atom. The molecule has 134 valence electrons. The molecule has 2 aromatic rings. The Bertz CT molecular complexity index is 814. The topological polar surface area (TPSA) is 94.0 Å². The number of carbonyl (C=O) groups is 1. The Labute approximate surface area is 143 Å². The molecule has 0 bridgehead atoms. The van der Waals surface area contributed by atoms with E-state index in [9.17, 15) is 13.6 Å². The van der Waals surface area contributed by atoms with Crippen LogP contribution in [0.25, 0.3) is 5.65 Å². The molecular formula is C16H19F2N5O2. The van der Waals surface area contributed by atoms with Crippen LogP contribution in [0.2, 0.25) is 0 Å². The number of fused-ring (bicyclic) bond motifs is 1. The number of nitrogens with two attached hydrogens (primary N) is 1. The SMILES string of the molecule is CCOc1cc2nc(CC)cn2cc1NC(=O)/C(N)=C/C=N/C(F)F. The van der Waals surface area contributed by atoms with Gasteiger partial charge in [-0.2, -0.15) is 8.78 Å². The molecule has 0 fully saturated rings. The fourth-order valence-electron chi connectivity index (χ4n) is 2.07. The predicted octanol–water partition coefficient (Wildman–Crippen LogP) is 2.37. The molecule has 0 saturated heterocycles. The minimum atomic E-state index is -2.85. The highest BCUT2D eigenvalue weighted by molar-refractivity contribution is 6.05. The molecule has 0 atom stereocenters. The van der Waals surface area contributed by atoms with Crippen LogP contribution in [0.5, 0.6) is 5.75 Å². The summed E-state index contributed by atoms with van der Waals surface area (Å²) in [6, 6.07) is 1.70. The van der Waals surface area contributed by atoms with E-state index in [4.69, 9.17) is 10.5 Å². The van der Waals surface area contributed by atoms with Crippen molar-refractivity contribution in [3.05, 3.63) is 35.9 Å². The van der Waals surface area contributed by atoms with Gasteiger partial charge in [-0.1, -0.05) is 6.92 Å². The number of aromatic nitrogens is 2. The van der Waals surface area contributed by atoms with Crippen molar-refractivity contribution in [3.63, 3.8) is 0 Å². The summed E-state index contributed by atoms with van der Waals surface area (Å²) in [6.45, 7) is 1.34. The van der Waals surface area contributed by atoms with Gasteiger partial charge >= 0.3 is 6.55 Å². The van der Waals surface area contributed by atoms with Crippen molar-refractivity contribution in [1.82, 2.24) is 9.38 Å². The van der Waals surface area contributed by atoms with E-state index in [2.05, 4.69) is 15.3 Å². The molecule has 0 saturated carbocycles. The zero-order valence-corrected chi connectivity index (χ0v) is 13.9. The number of rotatable bonds is 7. The van der Waals surface area contributed by atoms with Crippen LogP contribution < -0.4 is 15.8 Å². The second kappa shape index (κ2) is 8.22. The van der Waals surface area contributed by atoms with E-state index in [1.54, 1.807) is 16.7 Å². The Morgan fingerprint density at radius 2 is 2.24 bits per heavy atom. The molecule has 9 heteroatoms. The van der Waals surface area contributed by atoms with Crippen LogP contribution in [0.3, 0.4) is 0 Å². The number of nitrogens with one attached hydrogen (secondary N) is 1. The van der Waals surface area contributed by atoms with Crippen molar-refractivity contribution in [2.75, 3.05) is 11.9 Å². The van der Waals surface area contributed by atoms with E-state index in [1.807, 2.05) is 20.0 Å². The third-order valence-electron chi connectivity index (χ3n) is 3.23. The van der Waals surface area contributed by atoms with E-state index >= 15 is 0 Å². The summed E-state index contributed by atoms with van der Waals surface area (Å²) >= 11 is 0. The number of hydrogen-bond acceptors (Lipinski definition) is 5. The first-order chi connectivity index (χ1) is 11.9. The molecule has 0 aliphatic heterocycles. The number of ether oxygens (including phenoxy) is 1. The number of alkyl halides is 2. The summed E-state index contributed by atoms with van der Waals surface area (Å²) < 4.78 is 31.2. The van der Waals surface area contributed by atoms with Crippen molar-refractivity contribution < 1.29 is 18.3 Å². The fraction of sp³-hybridized carbons (Fsp3) is 0.312. The van der Waals surface area contributed by atoms with E-state index in [0.29, 0.717) is 23.7 Å². The van der Waals surface area contributed by atoms with Crippen molar-refractivity contribution in [1.29, 1.82) is 0 Å². The minimum absolute atomic E-state index is 0.258. The summed E-state index contributed by atoms with van der Waals surface area (Å²) in [5.41, 5.74) is 7.28. The molecule has 2 aromatic heterocycles. The summed E-state index contributed by atoms with van der Waals surface area (Å²) in [6.07, 6.45) is 6.06. The molecule has 0 radical (unpaired) electrons. The van der Waals surface area contributed by atoms with Crippen LogP contribution in [-0.4, -0.2) is 34.7 Å². The van der Waals surface area contributed by atoms with E-state index < -0.39 is 12.5 Å². The lowest BCUT2D eigenvalue weighted by Gasteiger charge is -2.12. The van der Waals surface area contributed by atoms with Gasteiger partial charge in [0.1, 0.15) is 17.1 Å². The van der Waals surface area contributed by atoms with Gasteiger partial charge in [0, 0.05) is 24.7 Å². The third-order valence-corrected chi connectivity index (χ3v) is 3.23. The summed E-state index contributed by atoms with van der Waals surface area (Å²) in [4.78, 5) is 19.4. The summed E-state index contributed by atoms with van der Waals surface area (Å²) in [5.74, 6) is -0.220. The lowest BCUT2D eigenvalue weighted by molar-refractivity contribution is -0.112. The normalized spacial score (nSPS) is 12.3. The molecule has 1 amide bonds. The second-order valence-electron chi connectivity index (χ2n) is 4.99. The number of aliphatic imine (C=N–C) groups is 1. The highest BCUT2D eigenvalue weighted by Crippen LogP contribution is 2.26. The molecular weight excluding hydrogens is 332 g/mol. The number of anilines is 1. The Kier molecular flexibility index (Phi) is 6.04. The minimum Gasteiger partial charge on any atom is -0.491 e. The second-order valence-corrected chi connectivity index (χ2v) is 4.99. The summed E-state index contributed by atoms with van der Waals surface area (Å²) in [7, 11) is 0. The van der Waals surface area contributed by atoms with Gasteiger partial charge in [0.15, 0.2) is 0 Å². The lowest BCUT2D eigenvalue weighted by Crippen LogP contribution is -2.21. The number of amides is 1. The predicted molar refractivity (Wildman–Crippen MR) is 91.1 cm³/mol. The highest BCUT2D eigenvalue weighted by atomic mass is 19.3. The first kappa shape index (κ1) is 18.4. The van der Waals surface area contributed by atoms with E-state index in [-0.39, 0.29) is 5.70 Å².